The molecule has 2 fully saturated rings. The van der Waals surface area contributed by atoms with Crippen LogP contribution in [0.1, 0.15) is 25.3 Å². The van der Waals surface area contributed by atoms with Gasteiger partial charge in [-0.25, -0.2) is 9.69 Å². The van der Waals surface area contributed by atoms with Gasteiger partial charge in [0.1, 0.15) is 12.4 Å². The second-order valence-electron chi connectivity index (χ2n) is 7.97. The van der Waals surface area contributed by atoms with E-state index in [1.807, 2.05) is 0 Å². The third kappa shape index (κ3) is 4.21. The second-order valence-corrected chi connectivity index (χ2v) is 7.97. The number of ether oxygens (including phenoxy) is 3. The molecule has 2 saturated heterocycles. The lowest BCUT2D eigenvalue weighted by Crippen LogP contribution is -2.61. The van der Waals surface area contributed by atoms with Crippen LogP contribution in [0, 0.1) is 5.92 Å². The van der Waals surface area contributed by atoms with E-state index in [4.69, 9.17) is 14.2 Å². The molecule has 33 heavy (non-hydrogen) atoms. The van der Waals surface area contributed by atoms with E-state index in [2.05, 4.69) is 6.58 Å². The predicted octanol–water partition coefficient (Wildman–Crippen LogP) is 1.44. The molecule has 4 rings (SSSR count). The summed E-state index contributed by atoms with van der Waals surface area (Å²) in [4.78, 5) is 50.6. The minimum Gasteiger partial charge on any atom is -0.484 e. The molecule has 1 aromatic carbocycles. The standard InChI is InChI=1S/C23H24N2O8/c1-3-4-19(28)33-22-16(11-17-20(13(2)26)21(29)25(17)22)14-5-7-15(8-6-14)32-12-18(27)24-9-10-31-23(24)30/h3,5-8,13,17,20,26H,1,4,9-12H2,2H3/t13-,17-,20-/m1/s1. The van der Waals surface area contributed by atoms with Gasteiger partial charge >= 0.3 is 12.1 Å². The summed E-state index contributed by atoms with van der Waals surface area (Å²) in [5.41, 5.74) is 1.38. The van der Waals surface area contributed by atoms with Crippen molar-refractivity contribution in [2.24, 2.45) is 5.92 Å². The molecule has 3 heterocycles. The van der Waals surface area contributed by atoms with Crippen molar-refractivity contribution in [2.75, 3.05) is 19.8 Å². The summed E-state index contributed by atoms with van der Waals surface area (Å²) in [6.07, 6.45) is 0.341. The fourth-order valence-electron chi connectivity index (χ4n) is 4.22. The van der Waals surface area contributed by atoms with Crippen molar-refractivity contribution in [3.05, 3.63) is 48.4 Å². The molecule has 0 spiro atoms. The maximum absolute atomic E-state index is 12.6. The first-order valence-electron chi connectivity index (χ1n) is 10.6. The molecule has 3 atom stereocenters. The SMILES string of the molecule is C=CCC(=O)OC1=C(c2ccc(OCC(=O)N3CCOC3=O)cc2)C[C@@H]2[C@@H]([C@@H](C)O)C(=O)N12. The summed E-state index contributed by atoms with van der Waals surface area (Å²) in [7, 11) is 0. The lowest BCUT2D eigenvalue weighted by Gasteiger charge is -2.44. The van der Waals surface area contributed by atoms with Gasteiger partial charge in [-0.3, -0.25) is 19.3 Å². The molecular weight excluding hydrogens is 432 g/mol. The van der Waals surface area contributed by atoms with Crippen molar-refractivity contribution in [1.82, 2.24) is 9.80 Å². The number of aliphatic hydroxyl groups excluding tert-OH is 1. The van der Waals surface area contributed by atoms with E-state index in [1.54, 1.807) is 31.2 Å². The molecule has 3 amide bonds. The Labute approximate surface area is 190 Å². The van der Waals surface area contributed by atoms with Gasteiger partial charge in [0, 0.05) is 12.0 Å². The molecule has 174 valence electrons. The Morgan fingerprint density at radius 3 is 2.64 bits per heavy atom. The Hall–Kier alpha value is -3.66. The second kappa shape index (κ2) is 9.07. The highest BCUT2D eigenvalue weighted by Gasteiger charge is 2.56. The highest BCUT2D eigenvalue weighted by atomic mass is 16.6. The van der Waals surface area contributed by atoms with E-state index in [9.17, 15) is 24.3 Å². The van der Waals surface area contributed by atoms with Crippen LogP contribution in [0.25, 0.3) is 5.57 Å². The van der Waals surface area contributed by atoms with Crippen molar-refractivity contribution in [3.8, 4) is 5.75 Å². The topological polar surface area (TPSA) is 123 Å². The summed E-state index contributed by atoms with van der Waals surface area (Å²) in [6, 6.07) is 6.46. The van der Waals surface area contributed by atoms with Gasteiger partial charge < -0.3 is 19.3 Å². The van der Waals surface area contributed by atoms with Crippen LogP contribution < -0.4 is 4.74 Å². The number of fused-ring (bicyclic) bond motifs is 1. The average Bonchev–Trinajstić information content (AvgIpc) is 3.33. The molecule has 10 heteroatoms. The van der Waals surface area contributed by atoms with Gasteiger partial charge in [-0.2, -0.15) is 0 Å². The Bertz CT molecular complexity index is 1030. The molecule has 10 nitrogen and oxygen atoms in total. The van der Waals surface area contributed by atoms with Crippen molar-refractivity contribution in [1.29, 1.82) is 0 Å². The Kier molecular flexibility index (Phi) is 6.19. The smallest absolute Gasteiger partial charge is 0.416 e. The molecule has 1 N–H and O–H groups in total. The van der Waals surface area contributed by atoms with E-state index < -0.39 is 30.0 Å². The zero-order valence-electron chi connectivity index (χ0n) is 18.1. The van der Waals surface area contributed by atoms with Gasteiger partial charge in [0.15, 0.2) is 6.61 Å². The number of aliphatic hydroxyl groups is 1. The third-order valence-electron chi connectivity index (χ3n) is 5.83. The Morgan fingerprint density at radius 1 is 1.30 bits per heavy atom. The largest absolute Gasteiger partial charge is 0.484 e. The quantitative estimate of drug-likeness (QED) is 0.354. The summed E-state index contributed by atoms with van der Waals surface area (Å²) in [5.74, 6) is -1.30. The number of esters is 1. The van der Waals surface area contributed by atoms with Crippen LogP contribution in [0.15, 0.2) is 42.8 Å². The molecule has 0 radical (unpaired) electrons. The van der Waals surface area contributed by atoms with Crippen LogP contribution in [0.2, 0.25) is 0 Å². The maximum Gasteiger partial charge on any atom is 0.416 e. The predicted molar refractivity (Wildman–Crippen MR) is 113 cm³/mol. The van der Waals surface area contributed by atoms with Gasteiger partial charge in [-0.05, 0) is 24.6 Å². The van der Waals surface area contributed by atoms with E-state index in [-0.39, 0.29) is 44.0 Å². The number of carbonyl (C=O) groups excluding carboxylic acids is 4. The van der Waals surface area contributed by atoms with Crippen molar-refractivity contribution in [2.45, 2.75) is 31.9 Å². The number of cyclic esters (lactones) is 1. The molecule has 3 aliphatic rings. The number of amides is 3. The van der Waals surface area contributed by atoms with Crippen LogP contribution in [0.4, 0.5) is 4.79 Å². The number of rotatable bonds is 8. The molecule has 1 aromatic rings. The van der Waals surface area contributed by atoms with Gasteiger partial charge in [0.2, 0.25) is 11.8 Å². The molecule has 0 unspecified atom stereocenters. The number of β-lactam (4-membered cyclic amide) rings is 1. The number of imide groups is 1. The Balaban J connectivity index is 1.49. The molecule has 0 bridgehead atoms. The average molecular weight is 456 g/mol. The van der Waals surface area contributed by atoms with E-state index in [0.29, 0.717) is 23.3 Å². The fourth-order valence-corrected chi connectivity index (χ4v) is 4.22. The number of nitrogens with zero attached hydrogens (tertiary/aromatic N) is 2. The first-order valence-corrected chi connectivity index (χ1v) is 10.6. The number of carbonyl (C=O) groups is 4. The van der Waals surface area contributed by atoms with Crippen molar-refractivity contribution >= 4 is 29.5 Å². The summed E-state index contributed by atoms with van der Waals surface area (Å²) < 4.78 is 15.7. The van der Waals surface area contributed by atoms with E-state index >= 15 is 0 Å². The molecule has 3 aliphatic heterocycles. The van der Waals surface area contributed by atoms with Crippen molar-refractivity contribution < 1.29 is 38.5 Å². The monoisotopic (exact) mass is 456 g/mol. The minimum absolute atomic E-state index is 0.00528. The van der Waals surface area contributed by atoms with Crippen molar-refractivity contribution in [3.63, 3.8) is 0 Å². The zero-order chi connectivity index (χ0) is 23.7. The lowest BCUT2D eigenvalue weighted by atomic mass is 9.82. The number of hydrogen-bond donors (Lipinski definition) is 1. The maximum atomic E-state index is 12.6. The van der Waals surface area contributed by atoms with Gasteiger partial charge in [-0.1, -0.05) is 18.2 Å². The molecule has 0 aliphatic carbocycles. The summed E-state index contributed by atoms with van der Waals surface area (Å²) >= 11 is 0. The van der Waals surface area contributed by atoms with Crippen LogP contribution in [0.5, 0.6) is 5.75 Å². The lowest BCUT2D eigenvalue weighted by molar-refractivity contribution is -0.164. The fraction of sp³-hybridized carbons (Fsp3) is 0.391. The minimum atomic E-state index is -0.815. The van der Waals surface area contributed by atoms with Crippen LogP contribution >= 0.6 is 0 Å². The van der Waals surface area contributed by atoms with E-state index in [1.165, 1.54) is 11.0 Å². The highest BCUT2D eigenvalue weighted by Crippen LogP contribution is 2.47. The van der Waals surface area contributed by atoms with Crippen LogP contribution in [-0.4, -0.2) is 70.7 Å². The first kappa shape index (κ1) is 22.5. The van der Waals surface area contributed by atoms with Gasteiger partial charge in [0.05, 0.1) is 31.0 Å². The third-order valence-corrected chi connectivity index (χ3v) is 5.83. The number of benzene rings is 1. The summed E-state index contributed by atoms with van der Waals surface area (Å²) in [6.45, 7) is 5.14. The highest BCUT2D eigenvalue weighted by molar-refractivity contribution is 5.94. The summed E-state index contributed by atoms with van der Waals surface area (Å²) in [5, 5.41) is 9.97. The van der Waals surface area contributed by atoms with Crippen LogP contribution in [0.3, 0.4) is 0 Å². The van der Waals surface area contributed by atoms with Gasteiger partial charge in [0.25, 0.3) is 5.91 Å². The zero-order valence-corrected chi connectivity index (χ0v) is 18.1. The van der Waals surface area contributed by atoms with Crippen LogP contribution in [-0.2, 0) is 23.9 Å². The van der Waals surface area contributed by atoms with Gasteiger partial charge in [-0.15, -0.1) is 6.58 Å². The first-order chi connectivity index (χ1) is 15.8. The van der Waals surface area contributed by atoms with E-state index in [0.717, 1.165) is 4.90 Å². The molecular formula is C23H24N2O8. The molecule has 0 aromatic heterocycles. The normalized spacial score (nSPS) is 22.5. The number of hydrogen-bond acceptors (Lipinski definition) is 8. The molecule has 0 saturated carbocycles. The Morgan fingerprint density at radius 2 is 2.03 bits per heavy atom.